The van der Waals surface area contributed by atoms with Gasteiger partial charge in [-0.2, -0.15) is 0 Å². The lowest BCUT2D eigenvalue weighted by Crippen LogP contribution is -2.09. The summed E-state index contributed by atoms with van der Waals surface area (Å²) in [5, 5.41) is 8.94. The van der Waals surface area contributed by atoms with E-state index in [0.717, 1.165) is 5.56 Å². The van der Waals surface area contributed by atoms with E-state index in [4.69, 9.17) is 14.6 Å². The summed E-state index contributed by atoms with van der Waals surface area (Å²) in [5.74, 6) is -0.695. The molecule has 3 rings (SSSR count). The Morgan fingerprint density at radius 3 is 2.31 bits per heavy atom. The van der Waals surface area contributed by atoms with Crippen molar-refractivity contribution < 1.29 is 24.2 Å². The molecule has 29 heavy (non-hydrogen) atoms. The minimum Gasteiger partial charge on any atom is -0.490 e. The zero-order chi connectivity index (χ0) is 20.6. The number of carbonyl (C=O) groups excluding carboxylic acids is 1. The fourth-order valence-corrected chi connectivity index (χ4v) is 2.53. The number of ether oxygens (including phenoxy) is 2. The second-order valence-corrected chi connectivity index (χ2v) is 6.00. The number of carboxylic acid groups (broad SMARTS) is 1. The van der Waals surface area contributed by atoms with Crippen LogP contribution in [0.15, 0.2) is 77.8 Å². The molecule has 0 spiro atoms. The van der Waals surface area contributed by atoms with Gasteiger partial charge in [0.15, 0.2) is 11.5 Å². The Bertz CT molecular complexity index is 1030. The molecule has 3 aromatic carbocycles. The van der Waals surface area contributed by atoms with Crippen molar-refractivity contribution in [3.8, 4) is 11.5 Å². The summed E-state index contributed by atoms with van der Waals surface area (Å²) in [6, 6.07) is 20.1. The summed E-state index contributed by atoms with van der Waals surface area (Å²) in [6.45, 7) is 2.25. The molecular weight excluding hydrogens is 370 g/mol. The molecule has 0 aromatic heterocycles. The lowest BCUT2D eigenvalue weighted by molar-refractivity contribution is 0.0694. The van der Waals surface area contributed by atoms with Crippen LogP contribution >= 0.6 is 0 Å². The van der Waals surface area contributed by atoms with Gasteiger partial charge in [-0.15, -0.1) is 0 Å². The van der Waals surface area contributed by atoms with Crippen molar-refractivity contribution in [3.63, 3.8) is 0 Å². The van der Waals surface area contributed by atoms with E-state index >= 15 is 0 Å². The predicted octanol–water partition coefficient (Wildman–Crippen LogP) is 4.75. The number of rotatable bonds is 7. The minimum absolute atomic E-state index is 0.201. The Morgan fingerprint density at radius 1 is 0.931 bits per heavy atom. The third-order valence-electron chi connectivity index (χ3n) is 3.96. The number of nitrogens with zero attached hydrogens (tertiary/aromatic N) is 1. The van der Waals surface area contributed by atoms with Gasteiger partial charge in [0.2, 0.25) is 0 Å². The number of esters is 1. The van der Waals surface area contributed by atoms with Crippen LogP contribution in [0.5, 0.6) is 11.5 Å². The predicted molar refractivity (Wildman–Crippen MR) is 110 cm³/mol. The average Bonchev–Trinajstić information content (AvgIpc) is 2.75. The van der Waals surface area contributed by atoms with Gasteiger partial charge < -0.3 is 14.6 Å². The molecule has 0 saturated heterocycles. The summed E-state index contributed by atoms with van der Waals surface area (Å²) < 4.78 is 11.1. The molecule has 1 N–H and O–H groups in total. The van der Waals surface area contributed by atoms with Gasteiger partial charge in [-0.1, -0.05) is 18.2 Å². The fraction of sp³-hybridized carbons (Fsp3) is 0.0870. The van der Waals surface area contributed by atoms with Crippen LogP contribution in [-0.4, -0.2) is 29.9 Å². The van der Waals surface area contributed by atoms with Crippen LogP contribution in [0.1, 0.15) is 33.2 Å². The standard InChI is InChI=1S/C23H19NO5/c1-2-28-21-14-16(15-24-19-11-9-17(10-12-19)22(25)26)8-13-20(21)29-23(27)18-6-4-3-5-7-18/h3-15H,2H2,1H3,(H,25,26). The van der Waals surface area contributed by atoms with E-state index in [1.54, 1.807) is 60.8 Å². The molecule has 0 heterocycles. The van der Waals surface area contributed by atoms with Gasteiger partial charge in [-0.05, 0) is 67.1 Å². The second-order valence-electron chi connectivity index (χ2n) is 6.00. The Morgan fingerprint density at radius 2 is 1.66 bits per heavy atom. The SMILES string of the molecule is CCOc1cc(C=Nc2ccc(C(=O)O)cc2)ccc1OC(=O)c1ccccc1. The zero-order valence-corrected chi connectivity index (χ0v) is 15.7. The summed E-state index contributed by atoms with van der Waals surface area (Å²) in [5.41, 5.74) is 2.01. The minimum atomic E-state index is -0.984. The molecule has 6 heteroatoms. The van der Waals surface area contributed by atoms with Gasteiger partial charge in [-0.25, -0.2) is 9.59 Å². The van der Waals surface area contributed by atoms with Crippen LogP contribution in [0.2, 0.25) is 0 Å². The second kappa shape index (κ2) is 9.32. The van der Waals surface area contributed by atoms with Crippen LogP contribution in [0.3, 0.4) is 0 Å². The number of hydrogen-bond donors (Lipinski definition) is 1. The van der Waals surface area contributed by atoms with Crippen molar-refractivity contribution in [3.05, 3.63) is 89.5 Å². The van der Waals surface area contributed by atoms with Crippen molar-refractivity contribution in [1.82, 2.24) is 0 Å². The van der Waals surface area contributed by atoms with E-state index < -0.39 is 11.9 Å². The lowest BCUT2D eigenvalue weighted by atomic mass is 10.2. The number of aliphatic imine (C=N–C) groups is 1. The highest BCUT2D eigenvalue weighted by molar-refractivity contribution is 5.92. The van der Waals surface area contributed by atoms with Gasteiger partial charge in [0.05, 0.1) is 23.4 Å². The highest BCUT2D eigenvalue weighted by Crippen LogP contribution is 2.29. The highest BCUT2D eigenvalue weighted by Gasteiger charge is 2.13. The van der Waals surface area contributed by atoms with Gasteiger partial charge in [-0.3, -0.25) is 4.99 Å². The molecule has 0 atom stereocenters. The van der Waals surface area contributed by atoms with Crippen molar-refractivity contribution >= 4 is 23.8 Å². The molecule has 0 fully saturated rings. The third kappa shape index (κ3) is 5.29. The maximum atomic E-state index is 12.3. The van der Waals surface area contributed by atoms with Gasteiger partial charge in [0.1, 0.15) is 0 Å². The average molecular weight is 389 g/mol. The van der Waals surface area contributed by atoms with E-state index in [1.807, 2.05) is 13.0 Å². The van der Waals surface area contributed by atoms with Crippen molar-refractivity contribution in [2.24, 2.45) is 4.99 Å². The largest absolute Gasteiger partial charge is 0.490 e. The smallest absolute Gasteiger partial charge is 0.343 e. The van der Waals surface area contributed by atoms with Gasteiger partial charge in [0, 0.05) is 6.21 Å². The van der Waals surface area contributed by atoms with Gasteiger partial charge in [0.25, 0.3) is 0 Å². The van der Waals surface area contributed by atoms with Crippen LogP contribution < -0.4 is 9.47 Å². The molecule has 3 aromatic rings. The Balaban J connectivity index is 1.78. The Hall–Kier alpha value is -3.93. The number of benzene rings is 3. The maximum absolute atomic E-state index is 12.3. The molecule has 6 nitrogen and oxygen atoms in total. The summed E-state index contributed by atoms with van der Waals surface area (Å²) in [4.78, 5) is 27.5. The van der Waals surface area contributed by atoms with Crippen LogP contribution in [0.25, 0.3) is 0 Å². The quantitative estimate of drug-likeness (QED) is 0.358. The Kier molecular flexibility index (Phi) is 6.37. The summed E-state index contributed by atoms with van der Waals surface area (Å²) >= 11 is 0. The molecule has 0 aliphatic heterocycles. The first-order valence-electron chi connectivity index (χ1n) is 8.98. The van der Waals surface area contributed by atoms with E-state index in [1.165, 1.54) is 12.1 Å². The van der Waals surface area contributed by atoms with Crippen molar-refractivity contribution in [1.29, 1.82) is 0 Å². The molecule has 0 saturated carbocycles. The molecule has 0 unspecified atom stereocenters. The maximum Gasteiger partial charge on any atom is 0.343 e. The zero-order valence-electron chi connectivity index (χ0n) is 15.7. The monoisotopic (exact) mass is 389 g/mol. The molecule has 0 aliphatic carbocycles. The first-order chi connectivity index (χ1) is 14.1. The van der Waals surface area contributed by atoms with Crippen LogP contribution in [0, 0.1) is 0 Å². The van der Waals surface area contributed by atoms with E-state index in [-0.39, 0.29) is 5.56 Å². The normalized spacial score (nSPS) is 10.7. The van der Waals surface area contributed by atoms with E-state index in [2.05, 4.69) is 4.99 Å². The van der Waals surface area contributed by atoms with Crippen LogP contribution in [-0.2, 0) is 0 Å². The van der Waals surface area contributed by atoms with E-state index in [9.17, 15) is 9.59 Å². The first kappa shape index (κ1) is 19.8. The first-order valence-corrected chi connectivity index (χ1v) is 8.98. The molecule has 0 radical (unpaired) electrons. The molecule has 0 aliphatic rings. The van der Waals surface area contributed by atoms with Crippen LogP contribution in [0.4, 0.5) is 5.69 Å². The number of aromatic carboxylic acids is 1. The number of carbonyl (C=O) groups is 2. The Labute approximate surface area is 168 Å². The molecule has 0 amide bonds. The molecule has 0 bridgehead atoms. The third-order valence-corrected chi connectivity index (χ3v) is 3.96. The summed E-state index contributed by atoms with van der Waals surface area (Å²) in [7, 11) is 0. The van der Waals surface area contributed by atoms with Crippen molar-refractivity contribution in [2.75, 3.05) is 6.61 Å². The fourth-order valence-electron chi connectivity index (χ4n) is 2.53. The lowest BCUT2D eigenvalue weighted by Gasteiger charge is -2.11. The van der Waals surface area contributed by atoms with E-state index in [0.29, 0.717) is 29.4 Å². The molecule has 146 valence electrons. The topological polar surface area (TPSA) is 85.2 Å². The van der Waals surface area contributed by atoms with Crippen molar-refractivity contribution in [2.45, 2.75) is 6.92 Å². The summed E-state index contributed by atoms with van der Waals surface area (Å²) in [6.07, 6.45) is 1.63. The number of carboxylic acids is 1. The van der Waals surface area contributed by atoms with Gasteiger partial charge >= 0.3 is 11.9 Å². The number of hydrogen-bond acceptors (Lipinski definition) is 5. The highest BCUT2D eigenvalue weighted by atomic mass is 16.6. The molecular formula is C23H19NO5.